The fourth-order valence-corrected chi connectivity index (χ4v) is 3.05. The summed E-state index contributed by atoms with van der Waals surface area (Å²) in [5.74, 6) is 1.35. The van der Waals surface area contributed by atoms with E-state index in [4.69, 9.17) is 4.74 Å². The molecule has 0 bridgehead atoms. The van der Waals surface area contributed by atoms with Crippen LogP contribution in [0.15, 0.2) is 24.3 Å². The van der Waals surface area contributed by atoms with Crippen LogP contribution in [0.3, 0.4) is 0 Å². The summed E-state index contributed by atoms with van der Waals surface area (Å²) in [6.07, 6.45) is 9.96. The predicted molar refractivity (Wildman–Crippen MR) is 76.2 cm³/mol. The van der Waals surface area contributed by atoms with E-state index in [-0.39, 0.29) is 6.10 Å². The summed E-state index contributed by atoms with van der Waals surface area (Å²) in [6, 6.07) is 8.08. The van der Waals surface area contributed by atoms with Crippen molar-refractivity contribution in [2.75, 3.05) is 0 Å². The number of rotatable bonds is 4. The average molecular weight is 260 g/mol. The van der Waals surface area contributed by atoms with Crippen LogP contribution in [-0.4, -0.2) is 11.2 Å². The summed E-state index contributed by atoms with van der Waals surface area (Å²) >= 11 is 0. The smallest absolute Gasteiger partial charge is 0.120 e. The lowest BCUT2D eigenvalue weighted by atomic mass is 9.89. The normalized spacial score (nSPS) is 22.8. The number of aliphatic hydroxyl groups excluding tert-OH is 1. The van der Waals surface area contributed by atoms with Gasteiger partial charge in [0.1, 0.15) is 5.75 Å². The van der Waals surface area contributed by atoms with Crippen molar-refractivity contribution >= 4 is 0 Å². The Morgan fingerprint density at radius 2 is 1.74 bits per heavy atom. The van der Waals surface area contributed by atoms with E-state index in [1.807, 2.05) is 24.3 Å². The average Bonchev–Trinajstić information content (AvgIpc) is 3.24. The zero-order chi connectivity index (χ0) is 13.1. The highest BCUT2D eigenvalue weighted by Crippen LogP contribution is 2.35. The fourth-order valence-electron chi connectivity index (χ4n) is 3.05. The van der Waals surface area contributed by atoms with E-state index in [2.05, 4.69) is 0 Å². The maximum atomic E-state index is 10.6. The molecule has 0 radical (unpaired) electrons. The Morgan fingerprint density at radius 1 is 1.00 bits per heavy atom. The number of hydrogen-bond acceptors (Lipinski definition) is 2. The van der Waals surface area contributed by atoms with Gasteiger partial charge in [0.25, 0.3) is 0 Å². The van der Waals surface area contributed by atoms with E-state index in [0.717, 1.165) is 24.2 Å². The van der Waals surface area contributed by atoms with Crippen LogP contribution in [0.4, 0.5) is 0 Å². The highest BCUT2D eigenvalue weighted by Gasteiger charge is 2.25. The Kier molecular flexibility index (Phi) is 4.07. The second kappa shape index (κ2) is 5.96. The molecule has 2 aliphatic rings. The topological polar surface area (TPSA) is 29.5 Å². The highest BCUT2D eigenvalue weighted by molar-refractivity contribution is 5.30. The van der Waals surface area contributed by atoms with Crippen LogP contribution in [-0.2, 0) is 0 Å². The van der Waals surface area contributed by atoms with Gasteiger partial charge < -0.3 is 9.84 Å². The molecule has 2 nitrogen and oxygen atoms in total. The van der Waals surface area contributed by atoms with Crippen LogP contribution in [0.25, 0.3) is 0 Å². The fraction of sp³-hybridized carbons (Fsp3) is 0.647. The first kappa shape index (κ1) is 13.0. The number of aliphatic hydroxyl groups is 1. The first-order valence-electron chi connectivity index (χ1n) is 7.77. The molecule has 2 saturated carbocycles. The highest BCUT2D eigenvalue weighted by atomic mass is 16.5. The molecule has 19 heavy (non-hydrogen) atoms. The second-order valence-electron chi connectivity index (χ2n) is 6.09. The Morgan fingerprint density at radius 3 is 2.42 bits per heavy atom. The molecular weight excluding hydrogens is 236 g/mol. The minimum atomic E-state index is -0.319. The van der Waals surface area contributed by atoms with Crippen molar-refractivity contribution in [1.82, 2.24) is 0 Å². The first-order chi connectivity index (χ1) is 9.33. The van der Waals surface area contributed by atoms with Gasteiger partial charge in [-0.3, -0.25) is 0 Å². The molecule has 1 aromatic rings. The molecule has 3 rings (SSSR count). The standard InChI is InChI=1S/C17H24O2/c18-17(13-6-3-1-2-4-7-13)14-8-5-9-16(12-14)19-15-10-11-15/h5,8-9,12-13,15,17-18H,1-4,6-7,10-11H2. The third kappa shape index (κ3) is 3.50. The molecule has 0 saturated heterocycles. The van der Waals surface area contributed by atoms with Crippen molar-refractivity contribution in [2.24, 2.45) is 5.92 Å². The van der Waals surface area contributed by atoms with Gasteiger partial charge in [-0.2, -0.15) is 0 Å². The zero-order valence-corrected chi connectivity index (χ0v) is 11.6. The Bertz CT molecular complexity index is 403. The van der Waals surface area contributed by atoms with Gasteiger partial charge in [0.05, 0.1) is 12.2 Å². The first-order valence-corrected chi connectivity index (χ1v) is 7.77. The van der Waals surface area contributed by atoms with E-state index in [1.165, 1.54) is 38.5 Å². The summed E-state index contributed by atoms with van der Waals surface area (Å²) in [4.78, 5) is 0. The lowest BCUT2D eigenvalue weighted by Gasteiger charge is -2.22. The van der Waals surface area contributed by atoms with Gasteiger partial charge in [-0.15, -0.1) is 0 Å². The minimum absolute atomic E-state index is 0.319. The third-order valence-electron chi connectivity index (χ3n) is 4.37. The van der Waals surface area contributed by atoms with Crippen LogP contribution in [0.1, 0.15) is 63.0 Å². The Labute approximate surface area is 115 Å². The lowest BCUT2D eigenvalue weighted by molar-refractivity contribution is 0.0984. The largest absolute Gasteiger partial charge is 0.490 e. The number of hydrogen-bond donors (Lipinski definition) is 1. The van der Waals surface area contributed by atoms with Gasteiger partial charge in [-0.25, -0.2) is 0 Å². The molecule has 1 unspecified atom stereocenters. The van der Waals surface area contributed by atoms with E-state index in [0.29, 0.717) is 12.0 Å². The molecular formula is C17H24O2. The van der Waals surface area contributed by atoms with E-state index in [1.54, 1.807) is 0 Å². The van der Waals surface area contributed by atoms with Crippen molar-refractivity contribution in [2.45, 2.75) is 63.6 Å². The zero-order valence-electron chi connectivity index (χ0n) is 11.6. The van der Waals surface area contributed by atoms with Crippen LogP contribution >= 0.6 is 0 Å². The molecule has 0 heterocycles. The van der Waals surface area contributed by atoms with Crippen LogP contribution in [0, 0.1) is 5.92 Å². The van der Waals surface area contributed by atoms with Gasteiger partial charge >= 0.3 is 0 Å². The molecule has 1 aromatic carbocycles. The molecule has 0 amide bonds. The monoisotopic (exact) mass is 260 g/mol. The molecule has 0 spiro atoms. The van der Waals surface area contributed by atoms with Crippen molar-refractivity contribution in [1.29, 1.82) is 0 Å². The van der Waals surface area contributed by atoms with E-state index < -0.39 is 0 Å². The van der Waals surface area contributed by atoms with Crippen LogP contribution < -0.4 is 4.74 Å². The molecule has 1 N–H and O–H groups in total. The summed E-state index contributed by atoms with van der Waals surface area (Å²) in [5, 5.41) is 10.6. The van der Waals surface area contributed by atoms with Gasteiger partial charge in [-0.1, -0.05) is 37.8 Å². The van der Waals surface area contributed by atoms with E-state index in [9.17, 15) is 5.11 Å². The van der Waals surface area contributed by atoms with Gasteiger partial charge in [0.2, 0.25) is 0 Å². The van der Waals surface area contributed by atoms with E-state index >= 15 is 0 Å². The van der Waals surface area contributed by atoms with Crippen molar-refractivity contribution in [3.05, 3.63) is 29.8 Å². The van der Waals surface area contributed by atoms with Gasteiger partial charge in [0, 0.05) is 0 Å². The predicted octanol–water partition coefficient (Wildman–Crippen LogP) is 4.23. The van der Waals surface area contributed by atoms with Crippen molar-refractivity contribution < 1.29 is 9.84 Å². The Hall–Kier alpha value is -1.02. The number of ether oxygens (including phenoxy) is 1. The third-order valence-corrected chi connectivity index (χ3v) is 4.37. The second-order valence-corrected chi connectivity index (χ2v) is 6.09. The molecule has 0 aromatic heterocycles. The maximum absolute atomic E-state index is 10.6. The quantitative estimate of drug-likeness (QED) is 0.821. The van der Waals surface area contributed by atoms with Crippen molar-refractivity contribution in [3.63, 3.8) is 0 Å². The molecule has 104 valence electrons. The number of benzene rings is 1. The summed E-state index contributed by atoms with van der Waals surface area (Å²) in [6.45, 7) is 0. The molecule has 2 heteroatoms. The summed E-state index contributed by atoms with van der Waals surface area (Å²) in [7, 11) is 0. The molecule has 0 aliphatic heterocycles. The maximum Gasteiger partial charge on any atom is 0.120 e. The Balaban J connectivity index is 1.68. The summed E-state index contributed by atoms with van der Waals surface area (Å²) in [5.41, 5.74) is 1.03. The van der Waals surface area contributed by atoms with Gasteiger partial charge in [0.15, 0.2) is 0 Å². The minimum Gasteiger partial charge on any atom is -0.490 e. The lowest BCUT2D eigenvalue weighted by Crippen LogP contribution is -2.12. The van der Waals surface area contributed by atoms with Crippen LogP contribution in [0.5, 0.6) is 5.75 Å². The summed E-state index contributed by atoms with van der Waals surface area (Å²) < 4.78 is 5.82. The van der Waals surface area contributed by atoms with Gasteiger partial charge in [-0.05, 0) is 49.3 Å². The SMILES string of the molecule is OC(c1cccc(OC2CC2)c1)C1CCCCCC1. The molecule has 2 aliphatic carbocycles. The van der Waals surface area contributed by atoms with Crippen molar-refractivity contribution in [3.8, 4) is 5.75 Å². The van der Waals surface area contributed by atoms with Crippen LogP contribution in [0.2, 0.25) is 0 Å². The molecule has 2 fully saturated rings. The molecule has 1 atom stereocenters.